The second-order valence-electron chi connectivity index (χ2n) is 13.5. The Kier molecular flexibility index (Phi) is 8.61. The number of hydrogen-bond acceptors (Lipinski definition) is 7. The molecule has 3 aliphatic heterocycles. The van der Waals surface area contributed by atoms with Gasteiger partial charge in [-0.15, -0.1) is 11.3 Å². The van der Waals surface area contributed by atoms with Gasteiger partial charge in [-0.3, -0.25) is 14.4 Å². The Morgan fingerprint density at radius 2 is 1.69 bits per heavy atom. The fourth-order valence-corrected chi connectivity index (χ4v) is 8.37. The number of halogens is 1. The maximum Gasteiger partial charge on any atom is 0.265 e. The number of amides is 3. The fourth-order valence-electron chi connectivity index (χ4n) is 7.23. The van der Waals surface area contributed by atoms with Gasteiger partial charge in [0, 0.05) is 66.2 Å². The molecule has 3 aromatic carbocycles. The number of benzene rings is 3. The number of rotatable bonds is 6. The molecule has 9 nitrogen and oxygen atoms in total. The molecule has 258 valence electrons. The molecule has 8 rings (SSSR count). The highest BCUT2D eigenvalue weighted by atomic mass is 32.1. The molecular formula is C40H36FN5O4S. The van der Waals surface area contributed by atoms with Gasteiger partial charge in [0.2, 0.25) is 0 Å². The second-order valence-corrected chi connectivity index (χ2v) is 14.6. The first kappa shape index (κ1) is 32.8. The Balaban J connectivity index is 0.964. The summed E-state index contributed by atoms with van der Waals surface area (Å²) in [6, 6.07) is 24.7. The molecule has 11 heteroatoms. The fraction of sp³-hybridized carbons (Fsp3) is 0.250. The van der Waals surface area contributed by atoms with Gasteiger partial charge < -0.3 is 25.2 Å². The number of aromatic nitrogens is 1. The summed E-state index contributed by atoms with van der Waals surface area (Å²) in [6.45, 7) is 5.48. The number of carbonyl (C=O) groups is 3. The maximum absolute atomic E-state index is 14.4. The third-order valence-electron chi connectivity index (χ3n) is 10.0. The van der Waals surface area contributed by atoms with Crippen LogP contribution in [0.4, 0.5) is 27.3 Å². The number of hydrogen-bond donors (Lipinski definition) is 2. The Morgan fingerprint density at radius 1 is 0.902 bits per heavy atom. The van der Waals surface area contributed by atoms with Crippen molar-refractivity contribution in [1.82, 2.24) is 4.98 Å². The van der Waals surface area contributed by atoms with E-state index in [1.54, 1.807) is 66.6 Å². The standard InChI is InChI=1S/C40H36FN5O4S/c1-25-8-13-32(31(41)21-25)44-38(48)34-22-27-14-18-46(33-7-3-2-5-29(33)35(27)51-34)39(49)26-9-11-28(12-10-26)43-37(47)30-6-4-17-42-36(30)45-23-40(24-45)15-19-50-20-16-40/h2-13,17,21-22H,14-16,18-20,23-24H2,1H3,(H,43,47)(H,44,48). The van der Waals surface area contributed by atoms with E-state index in [2.05, 4.69) is 20.5 Å². The monoisotopic (exact) mass is 701 g/mol. The quantitative estimate of drug-likeness (QED) is 0.189. The van der Waals surface area contributed by atoms with E-state index in [1.165, 1.54) is 17.4 Å². The molecule has 2 aromatic heterocycles. The minimum atomic E-state index is -0.482. The lowest BCUT2D eigenvalue weighted by Crippen LogP contribution is -2.59. The van der Waals surface area contributed by atoms with Crippen molar-refractivity contribution in [3.63, 3.8) is 0 Å². The van der Waals surface area contributed by atoms with Crippen LogP contribution in [0.1, 0.15) is 54.4 Å². The largest absolute Gasteiger partial charge is 0.381 e. The van der Waals surface area contributed by atoms with E-state index in [0.29, 0.717) is 40.5 Å². The molecule has 51 heavy (non-hydrogen) atoms. The van der Waals surface area contributed by atoms with Crippen LogP contribution in [0.2, 0.25) is 0 Å². The zero-order valence-corrected chi connectivity index (χ0v) is 28.9. The van der Waals surface area contributed by atoms with E-state index in [4.69, 9.17) is 4.74 Å². The van der Waals surface area contributed by atoms with Crippen molar-refractivity contribution in [3.8, 4) is 10.4 Å². The molecule has 0 bridgehead atoms. The second kappa shape index (κ2) is 13.4. The maximum atomic E-state index is 14.4. The van der Waals surface area contributed by atoms with E-state index in [-0.39, 0.29) is 28.8 Å². The van der Waals surface area contributed by atoms with Gasteiger partial charge in [-0.1, -0.05) is 24.3 Å². The van der Waals surface area contributed by atoms with Crippen molar-refractivity contribution in [1.29, 1.82) is 0 Å². The number of para-hydroxylation sites is 1. The number of nitrogens with one attached hydrogen (secondary N) is 2. The molecule has 2 N–H and O–H groups in total. The molecule has 3 amide bonds. The molecule has 2 fully saturated rings. The molecule has 5 heterocycles. The average molecular weight is 702 g/mol. The van der Waals surface area contributed by atoms with Gasteiger partial charge in [-0.25, -0.2) is 9.37 Å². The highest BCUT2D eigenvalue weighted by Gasteiger charge is 2.45. The molecular weight excluding hydrogens is 666 g/mol. The zero-order chi connectivity index (χ0) is 35.1. The Labute approximate surface area is 299 Å². The lowest BCUT2D eigenvalue weighted by atomic mass is 9.73. The van der Waals surface area contributed by atoms with E-state index in [1.807, 2.05) is 30.3 Å². The van der Waals surface area contributed by atoms with Crippen molar-refractivity contribution in [2.45, 2.75) is 26.2 Å². The lowest BCUT2D eigenvalue weighted by Gasteiger charge is -2.53. The number of thiophene rings is 1. The van der Waals surface area contributed by atoms with Gasteiger partial charge >= 0.3 is 0 Å². The minimum absolute atomic E-state index is 0.133. The molecule has 2 saturated heterocycles. The van der Waals surface area contributed by atoms with Crippen LogP contribution in [0.25, 0.3) is 10.4 Å². The summed E-state index contributed by atoms with van der Waals surface area (Å²) in [7, 11) is 0. The third kappa shape index (κ3) is 6.39. The summed E-state index contributed by atoms with van der Waals surface area (Å²) in [5, 5.41) is 5.68. The molecule has 0 atom stereocenters. The minimum Gasteiger partial charge on any atom is -0.381 e. The van der Waals surface area contributed by atoms with E-state index >= 15 is 0 Å². The van der Waals surface area contributed by atoms with Gasteiger partial charge in [-0.05, 0) is 98.0 Å². The smallest absolute Gasteiger partial charge is 0.265 e. The molecule has 0 radical (unpaired) electrons. The summed E-state index contributed by atoms with van der Waals surface area (Å²) in [4.78, 5) is 50.4. The number of ether oxygens (including phenoxy) is 1. The van der Waals surface area contributed by atoms with Crippen molar-refractivity contribution in [2.75, 3.05) is 53.3 Å². The van der Waals surface area contributed by atoms with Crippen LogP contribution < -0.4 is 20.4 Å². The SMILES string of the molecule is Cc1ccc(NC(=O)c2cc3c(s2)-c2ccccc2N(C(=O)c2ccc(NC(=O)c4cccnc4N4CC5(CCOCC5)C4)cc2)CC3)c(F)c1. The number of aryl methyl sites for hydroxylation is 1. The van der Waals surface area contributed by atoms with Crippen molar-refractivity contribution < 1.29 is 23.5 Å². The zero-order valence-electron chi connectivity index (χ0n) is 28.1. The summed E-state index contributed by atoms with van der Waals surface area (Å²) in [6.07, 6.45) is 4.30. The Bertz CT molecular complexity index is 2150. The molecule has 0 aliphatic carbocycles. The predicted molar refractivity (Wildman–Crippen MR) is 198 cm³/mol. The van der Waals surface area contributed by atoms with Crippen LogP contribution >= 0.6 is 11.3 Å². The van der Waals surface area contributed by atoms with Gasteiger partial charge in [-0.2, -0.15) is 0 Å². The van der Waals surface area contributed by atoms with Crippen LogP contribution in [0.15, 0.2) is 91.1 Å². The summed E-state index contributed by atoms with van der Waals surface area (Å²) >= 11 is 1.33. The van der Waals surface area contributed by atoms with Crippen LogP contribution in [0, 0.1) is 18.2 Å². The van der Waals surface area contributed by atoms with Crippen LogP contribution in [-0.4, -0.2) is 55.6 Å². The first-order valence-electron chi connectivity index (χ1n) is 17.1. The molecule has 3 aliphatic rings. The van der Waals surface area contributed by atoms with E-state index in [0.717, 1.165) is 66.4 Å². The molecule has 5 aromatic rings. The third-order valence-corrected chi connectivity index (χ3v) is 11.2. The van der Waals surface area contributed by atoms with Gasteiger partial charge in [0.25, 0.3) is 17.7 Å². The van der Waals surface area contributed by atoms with Gasteiger partial charge in [0.05, 0.1) is 21.8 Å². The highest BCUT2D eigenvalue weighted by molar-refractivity contribution is 7.17. The Hall–Kier alpha value is -5.39. The number of nitrogens with zero attached hydrogens (tertiary/aromatic N) is 3. The molecule has 0 saturated carbocycles. The van der Waals surface area contributed by atoms with E-state index < -0.39 is 5.82 Å². The topological polar surface area (TPSA) is 104 Å². The first-order chi connectivity index (χ1) is 24.8. The lowest BCUT2D eigenvalue weighted by molar-refractivity contribution is -0.000510. The normalized spacial score (nSPS) is 16.0. The highest BCUT2D eigenvalue weighted by Crippen LogP contribution is 2.43. The predicted octanol–water partition coefficient (Wildman–Crippen LogP) is 7.58. The number of anilines is 4. The van der Waals surface area contributed by atoms with Crippen molar-refractivity contribution in [2.24, 2.45) is 5.41 Å². The van der Waals surface area contributed by atoms with Crippen LogP contribution in [0.3, 0.4) is 0 Å². The first-order valence-corrected chi connectivity index (χ1v) is 17.9. The number of fused-ring (bicyclic) bond motifs is 3. The van der Waals surface area contributed by atoms with Crippen LogP contribution in [0.5, 0.6) is 0 Å². The van der Waals surface area contributed by atoms with Crippen LogP contribution in [-0.2, 0) is 11.2 Å². The average Bonchev–Trinajstić information content (AvgIpc) is 3.50. The van der Waals surface area contributed by atoms with Crippen molar-refractivity contribution >= 4 is 51.9 Å². The van der Waals surface area contributed by atoms with Gasteiger partial charge in [0.1, 0.15) is 11.6 Å². The Morgan fingerprint density at radius 3 is 2.47 bits per heavy atom. The molecule has 0 unspecified atom stereocenters. The number of pyridine rings is 1. The summed E-state index contributed by atoms with van der Waals surface area (Å²) in [5.41, 5.74) is 5.27. The van der Waals surface area contributed by atoms with Gasteiger partial charge in [0.15, 0.2) is 0 Å². The molecule has 1 spiro atoms. The van der Waals surface area contributed by atoms with Crippen molar-refractivity contribution in [3.05, 3.63) is 124 Å². The summed E-state index contributed by atoms with van der Waals surface area (Å²) < 4.78 is 20.0. The summed E-state index contributed by atoms with van der Waals surface area (Å²) in [5.74, 6) is -0.602. The number of carbonyl (C=O) groups excluding carboxylic acids is 3. The van der Waals surface area contributed by atoms with E-state index in [9.17, 15) is 18.8 Å².